The van der Waals surface area contributed by atoms with E-state index in [0.29, 0.717) is 27.8 Å². The molecule has 0 bridgehead atoms. The summed E-state index contributed by atoms with van der Waals surface area (Å²) in [6.45, 7) is 13.6. The zero-order chi connectivity index (χ0) is 24.6. The topological polar surface area (TPSA) is 81.7 Å². The van der Waals surface area contributed by atoms with Gasteiger partial charge in [0.15, 0.2) is 0 Å². The van der Waals surface area contributed by atoms with Gasteiger partial charge in [0.1, 0.15) is 16.4 Å². The minimum absolute atomic E-state index is 0.168. The molecule has 1 atom stereocenters. The number of nitrogens with one attached hydrogen (secondary N) is 1. The number of esters is 2. The van der Waals surface area contributed by atoms with Crippen molar-refractivity contribution in [3.05, 3.63) is 45.8 Å². The maximum atomic E-state index is 13.1. The SMILES string of the molecule is CC(=O)Oc1ccc(C(=O)Nc2sc3c(c2C(=O)OC(C)(C)C)CCC(C(C)(C)C)C3)cc1. The van der Waals surface area contributed by atoms with Crippen molar-refractivity contribution in [1.29, 1.82) is 0 Å². The Morgan fingerprint density at radius 1 is 1.03 bits per heavy atom. The summed E-state index contributed by atoms with van der Waals surface area (Å²) in [5.41, 5.74) is 1.40. The van der Waals surface area contributed by atoms with Crippen LogP contribution in [0.1, 0.15) is 86.0 Å². The van der Waals surface area contributed by atoms with Gasteiger partial charge in [0, 0.05) is 17.4 Å². The van der Waals surface area contributed by atoms with Crippen LogP contribution in [-0.4, -0.2) is 23.4 Å². The maximum Gasteiger partial charge on any atom is 0.341 e. The summed E-state index contributed by atoms with van der Waals surface area (Å²) in [5.74, 6) is -0.289. The van der Waals surface area contributed by atoms with E-state index in [1.807, 2.05) is 20.8 Å². The van der Waals surface area contributed by atoms with E-state index in [9.17, 15) is 14.4 Å². The van der Waals surface area contributed by atoms with Crippen LogP contribution in [0.5, 0.6) is 5.75 Å². The van der Waals surface area contributed by atoms with Gasteiger partial charge in [-0.2, -0.15) is 0 Å². The standard InChI is InChI=1S/C26H33NO5S/c1-15(28)31-18-11-8-16(9-12-18)22(29)27-23-21(24(30)32-26(5,6)7)19-13-10-17(25(2,3)4)14-20(19)33-23/h8-9,11-12,17H,10,13-14H2,1-7H3,(H,27,29). The monoisotopic (exact) mass is 471 g/mol. The highest BCUT2D eigenvalue weighted by molar-refractivity contribution is 7.17. The molecule has 33 heavy (non-hydrogen) atoms. The highest BCUT2D eigenvalue weighted by Crippen LogP contribution is 2.44. The highest BCUT2D eigenvalue weighted by Gasteiger charge is 2.35. The van der Waals surface area contributed by atoms with Crippen LogP contribution in [0.2, 0.25) is 0 Å². The molecule has 178 valence electrons. The fraction of sp³-hybridized carbons (Fsp3) is 0.500. The molecule has 1 heterocycles. The average molecular weight is 472 g/mol. The number of hydrogen-bond donors (Lipinski definition) is 1. The van der Waals surface area contributed by atoms with Gasteiger partial charge in [0.2, 0.25) is 0 Å². The smallest absolute Gasteiger partial charge is 0.341 e. The summed E-state index contributed by atoms with van der Waals surface area (Å²) in [5, 5.41) is 3.46. The van der Waals surface area contributed by atoms with E-state index in [1.165, 1.54) is 18.3 Å². The van der Waals surface area contributed by atoms with Gasteiger partial charge in [-0.15, -0.1) is 11.3 Å². The molecule has 6 nitrogen and oxygen atoms in total. The quantitative estimate of drug-likeness (QED) is 0.435. The molecule has 1 N–H and O–H groups in total. The summed E-state index contributed by atoms with van der Waals surface area (Å²) >= 11 is 1.47. The molecule has 0 saturated carbocycles. The molecule has 1 aliphatic rings. The molecule has 3 rings (SSSR count). The van der Waals surface area contributed by atoms with E-state index in [1.54, 1.807) is 24.3 Å². The van der Waals surface area contributed by atoms with Crippen molar-refractivity contribution in [3.8, 4) is 5.75 Å². The normalized spacial score (nSPS) is 16.0. The van der Waals surface area contributed by atoms with Crippen LogP contribution in [0.15, 0.2) is 24.3 Å². The van der Waals surface area contributed by atoms with Crippen molar-refractivity contribution in [1.82, 2.24) is 0 Å². The zero-order valence-electron chi connectivity index (χ0n) is 20.5. The fourth-order valence-electron chi connectivity index (χ4n) is 3.97. The van der Waals surface area contributed by atoms with Crippen LogP contribution < -0.4 is 10.1 Å². The molecule has 2 aromatic rings. The Balaban J connectivity index is 1.91. The van der Waals surface area contributed by atoms with Gasteiger partial charge in [-0.25, -0.2) is 4.79 Å². The number of amides is 1. The number of carbonyl (C=O) groups excluding carboxylic acids is 3. The van der Waals surface area contributed by atoms with Gasteiger partial charge in [0.25, 0.3) is 5.91 Å². The van der Waals surface area contributed by atoms with Gasteiger partial charge in [-0.3, -0.25) is 9.59 Å². The number of benzene rings is 1. The first-order valence-corrected chi connectivity index (χ1v) is 12.0. The molecule has 0 fully saturated rings. The third-order valence-corrected chi connectivity index (χ3v) is 6.87. The number of rotatable bonds is 4. The van der Waals surface area contributed by atoms with E-state index < -0.39 is 17.5 Å². The molecule has 1 aromatic carbocycles. The number of carbonyl (C=O) groups is 3. The predicted molar refractivity (Wildman–Crippen MR) is 130 cm³/mol. The predicted octanol–water partition coefficient (Wildman–Crippen LogP) is 6.03. The number of anilines is 1. The largest absolute Gasteiger partial charge is 0.456 e. The Morgan fingerprint density at radius 3 is 2.21 bits per heavy atom. The molecule has 1 unspecified atom stereocenters. The van der Waals surface area contributed by atoms with Crippen LogP contribution in [0.3, 0.4) is 0 Å². The zero-order valence-corrected chi connectivity index (χ0v) is 21.3. The highest BCUT2D eigenvalue weighted by atomic mass is 32.1. The molecule has 0 radical (unpaired) electrons. The van der Waals surface area contributed by atoms with Gasteiger partial charge in [-0.05, 0) is 81.2 Å². The Morgan fingerprint density at radius 2 is 1.67 bits per heavy atom. The Labute approximate surface area is 199 Å². The lowest BCUT2D eigenvalue weighted by Gasteiger charge is -2.34. The fourth-order valence-corrected chi connectivity index (χ4v) is 5.28. The lowest BCUT2D eigenvalue weighted by molar-refractivity contribution is -0.131. The minimum Gasteiger partial charge on any atom is -0.456 e. The van der Waals surface area contributed by atoms with Crippen LogP contribution in [0.25, 0.3) is 0 Å². The van der Waals surface area contributed by atoms with Crippen LogP contribution in [-0.2, 0) is 22.4 Å². The van der Waals surface area contributed by atoms with Crippen LogP contribution in [0, 0.1) is 11.3 Å². The second-order valence-corrected chi connectivity index (χ2v) is 11.7. The molecule has 0 aliphatic heterocycles. The van der Waals surface area contributed by atoms with E-state index in [2.05, 4.69) is 26.1 Å². The van der Waals surface area contributed by atoms with Crippen molar-refractivity contribution in [3.63, 3.8) is 0 Å². The molecule has 1 aliphatic carbocycles. The second kappa shape index (κ2) is 9.29. The van der Waals surface area contributed by atoms with Gasteiger partial charge < -0.3 is 14.8 Å². The van der Waals surface area contributed by atoms with Crippen molar-refractivity contribution in [2.75, 3.05) is 5.32 Å². The van der Waals surface area contributed by atoms with Crippen LogP contribution >= 0.6 is 11.3 Å². The van der Waals surface area contributed by atoms with E-state index in [0.717, 1.165) is 29.7 Å². The number of thiophene rings is 1. The molecule has 1 aromatic heterocycles. The maximum absolute atomic E-state index is 13.1. The Bertz CT molecular complexity index is 1050. The first kappa shape index (κ1) is 25.0. The van der Waals surface area contributed by atoms with E-state index in [-0.39, 0.29) is 11.3 Å². The molecule has 0 spiro atoms. The summed E-state index contributed by atoms with van der Waals surface area (Å²) in [6.07, 6.45) is 2.66. The lowest BCUT2D eigenvalue weighted by Crippen LogP contribution is -2.28. The van der Waals surface area contributed by atoms with E-state index >= 15 is 0 Å². The Hall–Kier alpha value is -2.67. The lowest BCUT2D eigenvalue weighted by atomic mass is 9.72. The van der Waals surface area contributed by atoms with Crippen molar-refractivity contribution < 1.29 is 23.9 Å². The Kier molecular flexibility index (Phi) is 7.03. The van der Waals surface area contributed by atoms with Crippen LogP contribution in [0.4, 0.5) is 5.00 Å². The number of fused-ring (bicyclic) bond motifs is 1. The van der Waals surface area contributed by atoms with Gasteiger partial charge in [-0.1, -0.05) is 20.8 Å². The first-order chi connectivity index (χ1) is 15.2. The second-order valence-electron chi connectivity index (χ2n) is 10.6. The number of ether oxygens (including phenoxy) is 2. The van der Waals surface area contributed by atoms with Gasteiger partial charge in [0.05, 0.1) is 5.56 Å². The molecular formula is C26H33NO5S. The summed E-state index contributed by atoms with van der Waals surface area (Å²) in [7, 11) is 0. The number of hydrogen-bond acceptors (Lipinski definition) is 6. The minimum atomic E-state index is -0.637. The van der Waals surface area contributed by atoms with Crippen molar-refractivity contribution in [2.24, 2.45) is 11.3 Å². The van der Waals surface area contributed by atoms with Gasteiger partial charge >= 0.3 is 11.9 Å². The first-order valence-electron chi connectivity index (χ1n) is 11.2. The van der Waals surface area contributed by atoms with Crippen molar-refractivity contribution >= 4 is 34.2 Å². The average Bonchev–Trinajstić information content (AvgIpc) is 3.03. The summed E-state index contributed by atoms with van der Waals surface area (Å²) in [4.78, 5) is 38.4. The van der Waals surface area contributed by atoms with E-state index in [4.69, 9.17) is 9.47 Å². The third-order valence-electron chi connectivity index (χ3n) is 5.70. The third kappa shape index (κ3) is 6.22. The molecule has 1 amide bonds. The molecule has 7 heteroatoms. The molecular weight excluding hydrogens is 438 g/mol. The summed E-state index contributed by atoms with van der Waals surface area (Å²) in [6, 6.07) is 6.31. The molecule has 0 saturated heterocycles. The van der Waals surface area contributed by atoms with Crippen molar-refractivity contribution in [2.45, 2.75) is 73.3 Å². The summed E-state index contributed by atoms with van der Waals surface area (Å²) < 4.78 is 10.7.